The molecular formula is C23H24N2O2. The molecule has 5 rings (SSSR count). The summed E-state index contributed by atoms with van der Waals surface area (Å²) >= 11 is 0. The Kier molecular flexibility index (Phi) is 4.00. The predicted octanol–water partition coefficient (Wildman–Crippen LogP) is 5.00. The molecular weight excluding hydrogens is 336 g/mol. The molecule has 1 aromatic carbocycles. The molecule has 0 radical (unpaired) electrons. The summed E-state index contributed by atoms with van der Waals surface area (Å²) in [5.41, 5.74) is 4.47. The summed E-state index contributed by atoms with van der Waals surface area (Å²) < 4.78 is 2.35. The van der Waals surface area contributed by atoms with Crippen molar-refractivity contribution in [1.82, 2.24) is 9.55 Å². The lowest BCUT2D eigenvalue weighted by atomic mass is 9.85. The first-order valence-corrected chi connectivity index (χ1v) is 9.98. The highest BCUT2D eigenvalue weighted by atomic mass is 16.4. The molecule has 4 nitrogen and oxygen atoms in total. The van der Waals surface area contributed by atoms with Gasteiger partial charge in [-0.3, -0.25) is 4.98 Å². The third-order valence-corrected chi connectivity index (χ3v) is 6.21. The van der Waals surface area contributed by atoms with Crippen LogP contribution in [0.3, 0.4) is 0 Å². The third kappa shape index (κ3) is 3.14. The van der Waals surface area contributed by atoms with Crippen molar-refractivity contribution in [3.63, 3.8) is 0 Å². The average molecular weight is 360 g/mol. The monoisotopic (exact) mass is 360 g/mol. The number of carboxylic acids is 1. The molecule has 138 valence electrons. The van der Waals surface area contributed by atoms with Gasteiger partial charge < -0.3 is 9.67 Å². The van der Waals surface area contributed by atoms with Crippen molar-refractivity contribution in [1.29, 1.82) is 0 Å². The first-order valence-electron chi connectivity index (χ1n) is 9.98. The van der Waals surface area contributed by atoms with Crippen molar-refractivity contribution in [3.05, 3.63) is 65.1 Å². The van der Waals surface area contributed by atoms with Gasteiger partial charge in [0, 0.05) is 36.3 Å². The molecule has 0 amide bonds. The Morgan fingerprint density at radius 1 is 1.19 bits per heavy atom. The van der Waals surface area contributed by atoms with Gasteiger partial charge in [0.1, 0.15) is 0 Å². The summed E-state index contributed by atoms with van der Waals surface area (Å²) in [4.78, 5) is 16.3. The third-order valence-electron chi connectivity index (χ3n) is 6.21. The standard InChI is InChI=1S/C23H24N2O2/c26-23(27)20-11-18(16-7-8-16)13-24-21(20)12-17-5-2-6-22-19(17)9-10-25(22)14-15-3-1-4-15/h2,5-6,9-11,13,15-16H,1,3-4,7-8,12,14H2,(H,26,27). The first kappa shape index (κ1) is 16.5. The summed E-state index contributed by atoms with van der Waals surface area (Å²) in [7, 11) is 0. The number of hydrogen-bond acceptors (Lipinski definition) is 2. The van der Waals surface area contributed by atoms with Gasteiger partial charge in [0.25, 0.3) is 0 Å². The summed E-state index contributed by atoms with van der Waals surface area (Å²) in [6.45, 7) is 1.08. The van der Waals surface area contributed by atoms with Crippen LogP contribution in [0.4, 0.5) is 0 Å². The fourth-order valence-corrected chi connectivity index (χ4v) is 4.21. The highest BCUT2D eigenvalue weighted by Crippen LogP contribution is 2.40. The molecule has 2 aliphatic carbocycles. The molecule has 0 spiro atoms. The molecule has 2 saturated carbocycles. The number of aromatic carboxylic acids is 1. The van der Waals surface area contributed by atoms with Gasteiger partial charge in [0.15, 0.2) is 0 Å². The molecule has 1 N–H and O–H groups in total. The molecule has 2 heterocycles. The minimum absolute atomic E-state index is 0.352. The Morgan fingerprint density at radius 3 is 2.74 bits per heavy atom. The Morgan fingerprint density at radius 2 is 2.04 bits per heavy atom. The highest BCUT2D eigenvalue weighted by Gasteiger charge is 2.26. The normalized spacial score (nSPS) is 17.2. The van der Waals surface area contributed by atoms with Gasteiger partial charge in [-0.15, -0.1) is 0 Å². The Bertz CT molecular complexity index is 1010. The topological polar surface area (TPSA) is 55.1 Å². The quantitative estimate of drug-likeness (QED) is 0.673. The minimum Gasteiger partial charge on any atom is -0.478 e. The predicted molar refractivity (Wildman–Crippen MR) is 105 cm³/mol. The van der Waals surface area contributed by atoms with Crippen LogP contribution in [-0.4, -0.2) is 20.6 Å². The molecule has 2 aromatic heterocycles. The maximum atomic E-state index is 11.8. The number of pyridine rings is 1. The number of carbonyl (C=O) groups is 1. The van der Waals surface area contributed by atoms with Crippen LogP contribution in [0.5, 0.6) is 0 Å². The van der Waals surface area contributed by atoms with Gasteiger partial charge >= 0.3 is 5.97 Å². The summed E-state index contributed by atoms with van der Waals surface area (Å²) in [5, 5.41) is 10.9. The Balaban J connectivity index is 1.48. The van der Waals surface area contributed by atoms with Crippen LogP contribution < -0.4 is 0 Å². The molecule has 0 saturated heterocycles. The SMILES string of the molecule is O=C(O)c1cc(C2CC2)cnc1Cc1cccc2c1ccn2CC1CCC1. The van der Waals surface area contributed by atoms with Gasteiger partial charge in [-0.25, -0.2) is 4.79 Å². The zero-order valence-corrected chi connectivity index (χ0v) is 15.4. The van der Waals surface area contributed by atoms with Crippen LogP contribution in [0, 0.1) is 5.92 Å². The van der Waals surface area contributed by atoms with Crippen LogP contribution in [0.1, 0.15) is 65.2 Å². The number of hydrogen-bond donors (Lipinski definition) is 1. The number of benzene rings is 1. The number of rotatable bonds is 6. The van der Waals surface area contributed by atoms with E-state index in [2.05, 4.69) is 40.0 Å². The zero-order chi connectivity index (χ0) is 18.4. The van der Waals surface area contributed by atoms with Crippen LogP contribution in [0.25, 0.3) is 10.9 Å². The molecule has 0 atom stereocenters. The maximum absolute atomic E-state index is 11.8. The van der Waals surface area contributed by atoms with E-state index in [-0.39, 0.29) is 0 Å². The van der Waals surface area contributed by atoms with Crippen LogP contribution >= 0.6 is 0 Å². The second-order valence-electron chi connectivity index (χ2n) is 8.13. The Labute approximate surface area is 158 Å². The van der Waals surface area contributed by atoms with Crippen molar-refractivity contribution < 1.29 is 9.90 Å². The summed E-state index contributed by atoms with van der Waals surface area (Å²) in [5.74, 6) is 0.433. The molecule has 0 unspecified atom stereocenters. The van der Waals surface area contributed by atoms with E-state index in [1.807, 2.05) is 12.3 Å². The summed E-state index contributed by atoms with van der Waals surface area (Å²) in [6, 6.07) is 10.3. The van der Waals surface area contributed by atoms with Gasteiger partial charge in [0.05, 0.1) is 11.3 Å². The van der Waals surface area contributed by atoms with E-state index in [0.29, 0.717) is 23.6 Å². The fraction of sp³-hybridized carbons (Fsp3) is 0.391. The lowest BCUT2D eigenvalue weighted by Gasteiger charge is -2.26. The van der Waals surface area contributed by atoms with Gasteiger partial charge in [-0.05, 0) is 66.8 Å². The number of carboxylic acid groups (broad SMARTS) is 1. The molecule has 4 heteroatoms. The van der Waals surface area contributed by atoms with E-state index in [4.69, 9.17) is 0 Å². The molecule has 0 bridgehead atoms. The molecule has 0 aliphatic heterocycles. The second kappa shape index (κ2) is 6.52. The first-order chi connectivity index (χ1) is 13.2. The molecule has 2 fully saturated rings. The van der Waals surface area contributed by atoms with Crippen molar-refractivity contribution >= 4 is 16.9 Å². The average Bonchev–Trinajstić information content (AvgIpc) is 3.39. The minimum atomic E-state index is -0.880. The van der Waals surface area contributed by atoms with Crippen LogP contribution in [0.15, 0.2) is 42.7 Å². The lowest BCUT2D eigenvalue weighted by Crippen LogP contribution is -2.17. The van der Waals surface area contributed by atoms with Gasteiger partial charge in [0.2, 0.25) is 0 Å². The zero-order valence-electron chi connectivity index (χ0n) is 15.4. The van der Waals surface area contributed by atoms with Crippen molar-refractivity contribution in [2.24, 2.45) is 5.92 Å². The van der Waals surface area contributed by atoms with Crippen molar-refractivity contribution in [2.45, 2.75) is 51.0 Å². The van der Waals surface area contributed by atoms with Crippen LogP contribution in [0.2, 0.25) is 0 Å². The molecule has 27 heavy (non-hydrogen) atoms. The van der Waals surface area contributed by atoms with E-state index in [0.717, 1.165) is 36.4 Å². The smallest absolute Gasteiger partial charge is 0.337 e. The summed E-state index contributed by atoms with van der Waals surface area (Å²) in [6.07, 6.45) is 10.9. The van der Waals surface area contributed by atoms with Crippen molar-refractivity contribution in [3.8, 4) is 0 Å². The maximum Gasteiger partial charge on any atom is 0.337 e. The highest BCUT2D eigenvalue weighted by molar-refractivity contribution is 5.90. The number of fused-ring (bicyclic) bond motifs is 1. The van der Waals surface area contributed by atoms with E-state index < -0.39 is 5.97 Å². The Hall–Kier alpha value is -2.62. The number of aromatic nitrogens is 2. The molecule has 2 aliphatic rings. The van der Waals surface area contributed by atoms with E-state index in [1.165, 1.54) is 30.2 Å². The van der Waals surface area contributed by atoms with Gasteiger partial charge in [-0.1, -0.05) is 18.6 Å². The fourth-order valence-electron chi connectivity index (χ4n) is 4.21. The molecule has 3 aromatic rings. The lowest BCUT2D eigenvalue weighted by molar-refractivity contribution is 0.0695. The van der Waals surface area contributed by atoms with Gasteiger partial charge in [-0.2, -0.15) is 0 Å². The van der Waals surface area contributed by atoms with E-state index in [1.54, 1.807) is 0 Å². The van der Waals surface area contributed by atoms with E-state index >= 15 is 0 Å². The largest absolute Gasteiger partial charge is 0.478 e. The van der Waals surface area contributed by atoms with E-state index in [9.17, 15) is 9.90 Å². The number of nitrogens with zero attached hydrogens (tertiary/aromatic N) is 2. The second-order valence-corrected chi connectivity index (χ2v) is 8.13. The van der Waals surface area contributed by atoms with Crippen molar-refractivity contribution in [2.75, 3.05) is 0 Å². The van der Waals surface area contributed by atoms with Crippen LogP contribution in [-0.2, 0) is 13.0 Å².